The Balaban J connectivity index is 2.93. The first-order chi connectivity index (χ1) is 5.70. The highest BCUT2D eigenvalue weighted by molar-refractivity contribution is 14.1. The highest BCUT2D eigenvalue weighted by Crippen LogP contribution is 2.36. The maximum absolute atomic E-state index is 3.52. The summed E-state index contributed by atoms with van der Waals surface area (Å²) < 4.78 is 5.00. The first kappa shape index (κ1) is 9.43. The Bertz CT molecular complexity index is 436. The van der Waals surface area contributed by atoms with Crippen LogP contribution >= 0.6 is 65.8 Å². The van der Waals surface area contributed by atoms with Crippen molar-refractivity contribution >= 4 is 75.9 Å². The molecule has 62 valence electrons. The highest BCUT2D eigenvalue weighted by atomic mass is 127. The lowest BCUT2D eigenvalue weighted by Crippen LogP contribution is -1.73. The lowest BCUT2D eigenvalue weighted by molar-refractivity contribution is 1.70. The largest absolute Gasteiger partial charge is 0.141 e. The Labute approximate surface area is 105 Å². The van der Waals surface area contributed by atoms with Crippen molar-refractivity contribution in [2.24, 2.45) is 0 Å². The summed E-state index contributed by atoms with van der Waals surface area (Å²) in [6.07, 6.45) is 0. The normalized spacial score (nSPS) is 10.9. The van der Waals surface area contributed by atoms with Gasteiger partial charge < -0.3 is 0 Å². The second-order valence-electron chi connectivity index (χ2n) is 2.32. The third-order valence-electron chi connectivity index (χ3n) is 1.59. The second kappa shape index (κ2) is 3.55. The zero-order valence-electron chi connectivity index (χ0n) is 5.77. The Morgan fingerprint density at radius 3 is 2.67 bits per heavy atom. The number of fused-ring (bicyclic) bond motifs is 1. The lowest BCUT2D eigenvalue weighted by Gasteiger charge is -1.96. The molecule has 0 spiro atoms. The predicted octanol–water partition coefficient (Wildman–Crippen LogP) is 5.03. The summed E-state index contributed by atoms with van der Waals surface area (Å²) in [5, 5.41) is 3.42. The van der Waals surface area contributed by atoms with E-state index in [-0.39, 0.29) is 0 Å². The average Bonchev–Trinajstić information content (AvgIpc) is 2.41. The molecule has 1 heterocycles. The van der Waals surface area contributed by atoms with Crippen LogP contribution in [0.5, 0.6) is 0 Å². The molecule has 0 atom stereocenters. The molecule has 0 radical (unpaired) electrons. The predicted molar refractivity (Wildman–Crippen MR) is 69.9 cm³/mol. The van der Waals surface area contributed by atoms with Gasteiger partial charge in [0, 0.05) is 28.0 Å². The zero-order valence-corrected chi connectivity index (χ0v) is 11.9. The van der Waals surface area contributed by atoms with Gasteiger partial charge in [-0.25, -0.2) is 0 Å². The minimum Gasteiger partial charge on any atom is -0.141 e. The van der Waals surface area contributed by atoms with E-state index in [2.05, 4.69) is 72.0 Å². The molecule has 0 aliphatic rings. The zero-order chi connectivity index (χ0) is 8.72. The fourth-order valence-corrected chi connectivity index (χ4v) is 3.93. The molecule has 0 amide bonds. The molecule has 0 aliphatic heterocycles. The third-order valence-corrected chi connectivity index (χ3v) is 6.45. The van der Waals surface area contributed by atoms with Gasteiger partial charge >= 0.3 is 0 Å². The van der Waals surface area contributed by atoms with Gasteiger partial charge in [-0.3, -0.25) is 0 Å². The van der Waals surface area contributed by atoms with Crippen molar-refractivity contribution in [1.82, 2.24) is 0 Å². The molecule has 0 N–H and O–H groups in total. The van der Waals surface area contributed by atoms with Crippen LogP contribution in [0, 0.1) is 3.57 Å². The number of rotatable bonds is 0. The molecule has 0 saturated carbocycles. The monoisotopic (exact) mass is 416 g/mol. The van der Waals surface area contributed by atoms with E-state index < -0.39 is 0 Å². The van der Waals surface area contributed by atoms with Crippen LogP contribution in [-0.2, 0) is 0 Å². The Morgan fingerprint density at radius 2 is 1.92 bits per heavy atom. The minimum absolute atomic E-state index is 1.17. The molecule has 1 aromatic carbocycles. The standard InChI is InChI=1S/C8H3Br2IS/c9-5-2-1-4-6(10)3-12-8(4)7(5)11/h1-3H. The molecular weight excluding hydrogens is 415 g/mol. The third kappa shape index (κ3) is 1.47. The van der Waals surface area contributed by atoms with Crippen molar-refractivity contribution in [1.29, 1.82) is 0 Å². The second-order valence-corrected chi connectivity index (χ2v) is 5.99. The van der Waals surface area contributed by atoms with Gasteiger partial charge in [-0.05, 0) is 60.5 Å². The van der Waals surface area contributed by atoms with Gasteiger partial charge in [-0.15, -0.1) is 11.3 Å². The van der Waals surface area contributed by atoms with E-state index in [0.29, 0.717) is 0 Å². The first-order valence-electron chi connectivity index (χ1n) is 3.21. The lowest BCUT2D eigenvalue weighted by atomic mass is 10.3. The van der Waals surface area contributed by atoms with Crippen LogP contribution in [0.15, 0.2) is 26.5 Å². The number of hydrogen-bond acceptors (Lipinski definition) is 1. The number of halogens is 3. The van der Waals surface area contributed by atoms with Crippen LogP contribution in [-0.4, -0.2) is 0 Å². The van der Waals surface area contributed by atoms with Gasteiger partial charge in [-0.1, -0.05) is 6.07 Å². The fraction of sp³-hybridized carbons (Fsp3) is 0. The van der Waals surface area contributed by atoms with Crippen LogP contribution in [0.4, 0.5) is 0 Å². The molecule has 0 aliphatic carbocycles. The smallest absolute Gasteiger partial charge is 0.0499 e. The molecule has 0 unspecified atom stereocenters. The van der Waals surface area contributed by atoms with E-state index in [1.54, 1.807) is 11.3 Å². The van der Waals surface area contributed by atoms with Crippen molar-refractivity contribution in [3.63, 3.8) is 0 Å². The SMILES string of the molecule is Brc1ccc2c(Br)csc2c1I. The first-order valence-corrected chi connectivity index (χ1v) is 6.75. The van der Waals surface area contributed by atoms with E-state index in [1.165, 1.54) is 22.6 Å². The molecule has 0 nitrogen and oxygen atoms in total. The van der Waals surface area contributed by atoms with Crippen molar-refractivity contribution in [2.45, 2.75) is 0 Å². The summed E-state index contributed by atoms with van der Waals surface area (Å²) in [5.74, 6) is 0. The van der Waals surface area contributed by atoms with Crippen LogP contribution < -0.4 is 0 Å². The quantitative estimate of drug-likeness (QED) is 0.527. The topological polar surface area (TPSA) is 0 Å². The Hall–Kier alpha value is 0.870. The fourth-order valence-electron chi connectivity index (χ4n) is 1.01. The Morgan fingerprint density at radius 1 is 1.17 bits per heavy atom. The van der Waals surface area contributed by atoms with E-state index in [4.69, 9.17) is 0 Å². The molecular formula is C8H3Br2IS. The summed E-state index contributed by atoms with van der Waals surface area (Å²) in [4.78, 5) is 0. The van der Waals surface area contributed by atoms with Crippen molar-refractivity contribution in [3.05, 3.63) is 30.0 Å². The van der Waals surface area contributed by atoms with E-state index >= 15 is 0 Å². The van der Waals surface area contributed by atoms with Crippen LogP contribution in [0.1, 0.15) is 0 Å². The molecule has 12 heavy (non-hydrogen) atoms. The molecule has 0 saturated heterocycles. The molecule has 2 aromatic rings. The number of hydrogen-bond donors (Lipinski definition) is 0. The van der Waals surface area contributed by atoms with Gasteiger partial charge in [-0.2, -0.15) is 0 Å². The summed E-state index contributed by atoms with van der Waals surface area (Å²) >= 11 is 11.2. The van der Waals surface area contributed by atoms with Gasteiger partial charge in [0.15, 0.2) is 0 Å². The summed E-state index contributed by atoms with van der Waals surface area (Å²) in [7, 11) is 0. The van der Waals surface area contributed by atoms with Crippen molar-refractivity contribution in [3.8, 4) is 0 Å². The van der Waals surface area contributed by atoms with Gasteiger partial charge in [0.2, 0.25) is 0 Å². The minimum atomic E-state index is 1.17. The average molecular weight is 418 g/mol. The summed E-state index contributed by atoms with van der Waals surface area (Å²) in [6.45, 7) is 0. The summed E-state index contributed by atoms with van der Waals surface area (Å²) in [5.41, 5.74) is 0. The molecule has 4 heteroatoms. The van der Waals surface area contributed by atoms with E-state index in [1.807, 2.05) is 0 Å². The highest BCUT2D eigenvalue weighted by Gasteiger charge is 2.06. The van der Waals surface area contributed by atoms with Gasteiger partial charge in [0.1, 0.15) is 0 Å². The summed E-state index contributed by atoms with van der Waals surface area (Å²) in [6, 6.07) is 4.21. The van der Waals surface area contributed by atoms with Crippen molar-refractivity contribution in [2.75, 3.05) is 0 Å². The number of thiophene rings is 1. The van der Waals surface area contributed by atoms with Crippen LogP contribution in [0.2, 0.25) is 0 Å². The van der Waals surface area contributed by atoms with E-state index in [9.17, 15) is 0 Å². The molecule has 0 fully saturated rings. The maximum Gasteiger partial charge on any atom is 0.0499 e. The maximum atomic E-state index is 3.52. The van der Waals surface area contributed by atoms with Crippen LogP contribution in [0.25, 0.3) is 10.1 Å². The molecule has 1 aromatic heterocycles. The van der Waals surface area contributed by atoms with Gasteiger partial charge in [0.25, 0.3) is 0 Å². The number of benzene rings is 1. The van der Waals surface area contributed by atoms with Crippen LogP contribution in [0.3, 0.4) is 0 Å². The van der Waals surface area contributed by atoms with Gasteiger partial charge in [0.05, 0.1) is 0 Å². The molecule has 2 rings (SSSR count). The Kier molecular flexibility index (Phi) is 2.79. The van der Waals surface area contributed by atoms with Crippen molar-refractivity contribution < 1.29 is 0 Å². The molecule has 0 bridgehead atoms. The van der Waals surface area contributed by atoms with E-state index in [0.717, 1.165) is 0 Å².